The Morgan fingerprint density at radius 2 is 2.28 bits per heavy atom. The quantitative estimate of drug-likeness (QED) is 0.656. The third-order valence-electron chi connectivity index (χ3n) is 4.67. The number of hydrogen-bond acceptors (Lipinski definition) is 2. The molecule has 0 saturated carbocycles. The second kappa shape index (κ2) is 3.50. The van der Waals surface area contributed by atoms with E-state index in [1.807, 2.05) is 6.92 Å². The van der Waals surface area contributed by atoms with E-state index in [0.29, 0.717) is 5.92 Å². The van der Waals surface area contributed by atoms with Crippen LogP contribution in [-0.2, 0) is 16.1 Å². The lowest BCUT2D eigenvalue weighted by Gasteiger charge is -2.28. The number of aryl methyl sites for hydroxylation is 1. The summed E-state index contributed by atoms with van der Waals surface area (Å²) in [7, 11) is 0. The summed E-state index contributed by atoms with van der Waals surface area (Å²) in [5, 5.41) is 0. The van der Waals surface area contributed by atoms with Crippen molar-refractivity contribution in [2.24, 2.45) is 0 Å². The predicted octanol–water partition coefficient (Wildman–Crippen LogP) is 2.86. The molecule has 94 valence electrons. The summed E-state index contributed by atoms with van der Waals surface area (Å²) in [6.45, 7) is 3.02. The minimum Gasteiger partial charge on any atom is -0.454 e. The van der Waals surface area contributed by atoms with Crippen LogP contribution in [0.2, 0.25) is 0 Å². The maximum absolute atomic E-state index is 11.7. The Bertz CT molecular complexity index is 567. The highest BCUT2D eigenvalue weighted by Gasteiger charge is 2.41. The SMILES string of the molecule is CC1=C2c3ccn4c3[C@H](CCCC4)C[C@@H]2OC1=O. The molecule has 0 fully saturated rings. The van der Waals surface area contributed by atoms with Crippen LogP contribution in [0.25, 0.3) is 5.57 Å². The molecule has 0 aromatic carbocycles. The largest absolute Gasteiger partial charge is 0.454 e. The summed E-state index contributed by atoms with van der Waals surface area (Å²) in [6, 6.07) is 2.18. The molecule has 0 spiro atoms. The predicted molar refractivity (Wildman–Crippen MR) is 68.1 cm³/mol. The monoisotopic (exact) mass is 243 g/mol. The van der Waals surface area contributed by atoms with Crippen molar-refractivity contribution in [2.45, 2.75) is 51.2 Å². The van der Waals surface area contributed by atoms with Gasteiger partial charge in [-0.25, -0.2) is 4.79 Å². The molecule has 0 amide bonds. The van der Waals surface area contributed by atoms with Gasteiger partial charge < -0.3 is 9.30 Å². The van der Waals surface area contributed by atoms with E-state index >= 15 is 0 Å². The van der Waals surface area contributed by atoms with Gasteiger partial charge in [-0.15, -0.1) is 0 Å². The van der Waals surface area contributed by atoms with E-state index in [0.717, 1.165) is 24.1 Å². The minimum atomic E-state index is -0.119. The third kappa shape index (κ3) is 1.22. The van der Waals surface area contributed by atoms with Crippen molar-refractivity contribution >= 4 is 11.5 Å². The zero-order chi connectivity index (χ0) is 12.3. The molecule has 0 bridgehead atoms. The van der Waals surface area contributed by atoms with E-state index in [9.17, 15) is 4.79 Å². The topological polar surface area (TPSA) is 31.2 Å². The number of aromatic nitrogens is 1. The lowest BCUT2D eigenvalue weighted by Crippen LogP contribution is -2.22. The van der Waals surface area contributed by atoms with E-state index in [-0.39, 0.29) is 12.1 Å². The highest BCUT2D eigenvalue weighted by atomic mass is 16.5. The number of carbonyl (C=O) groups excluding carboxylic acids is 1. The van der Waals surface area contributed by atoms with E-state index < -0.39 is 0 Å². The number of fused-ring (bicyclic) bond motifs is 2. The second-order valence-electron chi connectivity index (χ2n) is 5.67. The van der Waals surface area contributed by atoms with Gasteiger partial charge in [0.05, 0.1) is 0 Å². The summed E-state index contributed by atoms with van der Waals surface area (Å²) < 4.78 is 7.91. The number of carbonyl (C=O) groups is 1. The average molecular weight is 243 g/mol. The van der Waals surface area contributed by atoms with Crippen LogP contribution in [0.4, 0.5) is 0 Å². The second-order valence-corrected chi connectivity index (χ2v) is 5.67. The van der Waals surface area contributed by atoms with Crippen LogP contribution in [0.5, 0.6) is 0 Å². The van der Waals surface area contributed by atoms with Gasteiger partial charge in [0, 0.05) is 41.1 Å². The molecular formula is C15H17NO2. The Labute approximate surface area is 106 Å². The molecule has 1 aliphatic carbocycles. The Morgan fingerprint density at radius 1 is 1.39 bits per heavy atom. The van der Waals surface area contributed by atoms with Gasteiger partial charge in [0.15, 0.2) is 0 Å². The standard InChI is InChI=1S/C15H17NO2/c1-9-13-11-5-7-16-6-3-2-4-10(14(11)16)8-12(13)18-15(9)17/h5,7,10,12H,2-4,6,8H2,1H3/t10-,12+/m1/s1. The van der Waals surface area contributed by atoms with Gasteiger partial charge in [0.25, 0.3) is 0 Å². The fourth-order valence-corrected chi connectivity index (χ4v) is 3.83. The summed E-state index contributed by atoms with van der Waals surface area (Å²) >= 11 is 0. The molecule has 0 unspecified atom stereocenters. The lowest BCUT2D eigenvalue weighted by atomic mass is 9.80. The van der Waals surface area contributed by atoms with Crippen LogP contribution >= 0.6 is 0 Å². The molecule has 1 aromatic heterocycles. The maximum Gasteiger partial charge on any atom is 0.334 e. The Balaban J connectivity index is 1.94. The van der Waals surface area contributed by atoms with Crippen molar-refractivity contribution in [1.29, 1.82) is 0 Å². The Hall–Kier alpha value is -1.51. The summed E-state index contributed by atoms with van der Waals surface area (Å²) in [5.74, 6) is 0.455. The van der Waals surface area contributed by atoms with Crippen LogP contribution in [-0.4, -0.2) is 16.6 Å². The first kappa shape index (κ1) is 10.4. The van der Waals surface area contributed by atoms with Crippen LogP contribution in [0.1, 0.15) is 49.8 Å². The van der Waals surface area contributed by atoms with Crippen LogP contribution in [0.3, 0.4) is 0 Å². The highest BCUT2D eigenvalue weighted by molar-refractivity contribution is 6.03. The van der Waals surface area contributed by atoms with Crippen LogP contribution in [0, 0.1) is 0 Å². The molecule has 4 rings (SSSR count). The van der Waals surface area contributed by atoms with E-state index in [4.69, 9.17) is 4.74 Å². The smallest absolute Gasteiger partial charge is 0.334 e. The first-order chi connectivity index (χ1) is 8.75. The molecule has 0 saturated heterocycles. The van der Waals surface area contributed by atoms with Crippen LogP contribution < -0.4 is 0 Å². The molecule has 18 heavy (non-hydrogen) atoms. The average Bonchev–Trinajstić information content (AvgIpc) is 2.80. The summed E-state index contributed by atoms with van der Waals surface area (Å²) in [5.41, 5.74) is 4.71. The van der Waals surface area contributed by atoms with Gasteiger partial charge in [-0.2, -0.15) is 0 Å². The fourth-order valence-electron chi connectivity index (χ4n) is 3.83. The number of nitrogens with zero attached hydrogens (tertiary/aromatic N) is 1. The van der Waals surface area contributed by atoms with Gasteiger partial charge in [0.2, 0.25) is 0 Å². The Kier molecular flexibility index (Phi) is 2.02. The van der Waals surface area contributed by atoms with E-state index in [1.165, 1.54) is 30.5 Å². The van der Waals surface area contributed by atoms with Crippen molar-refractivity contribution in [2.75, 3.05) is 0 Å². The number of hydrogen-bond donors (Lipinski definition) is 0. The van der Waals surface area contributed by atoms with Crippen molar-refractivity contribution < 1.29 is 9.53 Å². The van der Waals surface area contributed by atoms with Gasteiger partial charge in [-0.1, -0.05) is 6.42 Å². The molecule has 3 aliphatic rings. The van der Waals surface area contributed by atoms with Gasteiger partial charge >= 0.3 is 5.97 Å². The molecule has 0 radical (unpaired) electrons. The third-order valence-corrected chi connectivity index (χ3v) is 4.67. The summed E-state index contributed by atoms with van der Waals surface area (Å²) in [6.07, 6.45) is 6.97. The van der Waals surface area contributed by atoms with Crippen LogP contribution in [0.15, 0.2) is 17.8 Å². The highest BCUT2D eigenvalue weighted by Crippen LogP contribution is 2.47. The van der Waals surface area contributed by atoms with Gasteiger partial charge in [-0.3, -0.25) is 0 Å². The molecule has 3 heterocycles. The molecule has 0 N–H and O–H groups in total. The zero-order valence-electron chi connectivity index (χ0n) is 10.6. The van der Waals surface area contributed by atoms with Gasteiger partial charge in [0.1, 0.15) is 6.10 Å². The van der Waals surface area contributed by atoms with Gasteiger partial charge in [-0.05, 0) is 32.3 Å². The zero-order valence-corrected chi connectivity index (χ0v) is 10.6. The first-order valence-electron chi connectivity index (χ1n) is 6.87. The van der Waals surface area contributed by atoms with Crippen molar-refractivity contribution in [3.8, 4) is 0 Å². The fraction of sp³-hybridized carbons (Fsp3) is 0.533. The summed E-state index contributed by atoms with van der Waals surface area (Å²) in [4.78, 5) is 11.7. The molecule has 3 nitrogen and oxygen atoms in total. The molecular weight excluding hydrogens is 226 g/mol. The molecule has 2 atom stereocenters. The Morgan fingerprint density at radius 3 is 3.17 bits per heavy atom. The van der Waals surface area contributed by atoms with E-state index in [1.54, 1.807) is 0 Å². The number of rotatable bonds is 0. The van der Waals surface area contributed by atoms with Crippen molar-refractivity contribution in [1.82, 2.24) is 4.57 Å². The number of ether oxygens (including phenoxy) is 1. The molecule has 2 aliphatic heterocycles. The first-order valence-corrected chi connectivity index (χ1v) is 6.87. The maximum atomic E-state index is 11.7. The lowest BCUT2D eigenvalue weighted by molar-refractivity contribution is -0.139. The minimum absolute atomic E-state index is 0.0175. The van der Waals surface area contributed by atoms with Crippen molar-refractivity contribution in [3.63, 3.8) is 0 Å². The van der Waals surface area contributed by atoms with E-state index in [2.05, 4.69) is 16.8 Å². The number of esters is 1. The normalized spacial score (nSPS) is 29.7. The molecule has 1 aromatic rings. The van der Waals surface area contributed by atoms with Crippen molar-refractivity contribution in [3.05, 3.63) is 29.1 Å². The molecule has 3 heteroatoms.